The van der Waals surface area contributed by atoms with Gasteiger partial charge in [-0.05, 0) is 5.56 Å². The van der Waals surface area contributed by atoms with Crippen LogP contribution in [0.5, 0.6) is 0 Å². The molecule has 6 heteroatoms. The third-order valence-corrected chi connectivity index (χ3v) is 5.70. The van der Waals surface area contributed by atoms with E-state index in [1.54, 1.807) is 22.7 Å². The molecule has 1 aromatic carbocycles. The number of hydrogen-bond acceptors (Lipinski definition) is 6. The summed E-state index contributed by atoms with van der Waals surface area (Å²) in [5, 5.41) is 5.87. The van der Waals surface area contributed by atoms with Crippen molar-refractivity contribution in [3.63, 3.8) is 0 Å². The van der Waals surface area contributed by atoms with Crippen LogP contribution in [0.25, 0.3) is 11.1 Å². The maximum atomic E-state index is 6.16. The van der Waals surface area contributed by atoms with Gasteiger partial charge in [0.15, 0.2) is 0 Å². The van der Waals surface area contributed by atoms with Gasteiger partial charge in [0.25, 0.3) is 0 Å². The molecule has 23 heavy (non-hydrogen) atoms. The summed E-state index contributed by atoms with van der Waals surface area (Å²) in [6.07, 6.45) is 3.65. The summed E-state index contributed by atoms with van der Waals surface area (Å²) in [6.45, 7) is 1.16. The van der Waals surface area contributed by atoms with Crippen LogP contribution < -0.4 is 0 Å². The molecule has 0 radical (unpaired) electrons. The van der Waals surface area contributed by atoms with E-state index in [2.05, 4.69) is 22.1 Å². The second-order valence-electron chi connectivity index (χ2n) is 5.28. The van der Waals surface area contributed by atoms with E-state index in [4.69, 9.17) is 9.47 Å². The van der Waals surface area contributed by atoms with Crippen molar-refractivity contribution < 1.29 is 9.47 Å². The largest absolute Gasteiger partial charge is 0.340 e. The second-order valence-corrected chi connectivity index (χ2v) is 7.07. The highest BCUT2D eigenvalue weighted by atomic mass is 32.1. The number of nitrogens with zero attached hydrogens (tertiary/aromatic N) is 2. The van der Waals surface area contributed by atoms with Crippen LogP contribution in [0.4, 0.5) is 0 Å². The van der Waals surface area contributed by atoms with Gasteiger partial charge < -0.3 is 9.47 Å². The van der Waals surface area contributed by atoms with Crippen LogP contribution in [0.3, 0.4) is 0 Å². The molecule has 3 heterocycles. The highest BCUT2D eigenvalue weighted by Crippen LogP contribution is 2.56. The number of fused-ring (bicyclic) bond motifs is 2. The topological polar surface area (TPSA) is 44.2 Å². The Morgan fingerprint density at radius 2 is 1.61 bits per heavy atom. The zero-order valence-corrected chi connectivity index (χ0v) is 13.7. The third-order valence-electron chi connectivity index (χ3n) is 4.12. The minimum Gasteiger partial charge on any atom is -0.340 e. The molecule has 2 aliphatic rings. The first-order chi connectivity index (χ1) is 11.4. The minimum absolute atomic E-state index is 0.578. The lowest BCUT2D eigenvalue weighted by atomic mass is 10.0. The first kappa shape index (κ1) is 13.6. The number of thiazole rings is 2. The van der Waals surface area contributed by atoms with E-state index in [1.807, 2.05) is 35.3 Å². The Bertz CT molecular complexity index is 879. The molecule has 0 amide bonds. The molecule has 2 aromatic heterocycles. The second kappa shape index (κ2) is 5.07. The summed E-state index contributed by atoms with van der Waals surface area (Å²) in [5.74, 6) is -0.852. The van der Waals surface area contributed by atoms with Crippen LogP contribution >= 0.6 is 22.7 Å². The van der Waals surface area contributed by atoms with Gasteiger partial charge in [-0.15, -0.1) is 22.7 Å². The van der Waals surface area contributed by atoms with Gasteiger partial charge in [0.2, 0.25) is 5.79 Å². The zero-order chi connectivity index (χ0) is 15.3. The lowest BCUT2D eigenvalue weighted by Gasteiger charge is -2.26. The minimum atomic E-state index is -0.852. The predicted molar refractivity (Wildman–Crippen MR) is 90.2 cm³/mol. The van der Waals surface area contributed by atoms with Crippen LogP contribution in [0, 0.1) is 0 Å². The van der Waals surface area contributed by atoms with Crippen molar-refractivity contribution in [1.82, 2.24) is 9.97 Å². The van der Waals surface area contributed by atoms with E-state index in [-0.39, 0.29) is 0 Å². The molecule has 1 fully saturated rings. The van der Waals surface area contributed by atoms with Crippen LogP contribution in [0.2, 0.25) is 0 Å². The van der Waals surface area contributed by atoms with Gasteiger partial charge in [0.1, 0.15) is 10.0 Å². The van der Waals surface area contributed by atoms with Gasteiger partial charge in [0.05, 0.1) is 18.8 Å². The van der Waals surface area contributed by atoms with E-state index < -0.39 is 5.79 Å². The summed E-state index contributed by atoms with van der Waals surface area (Å²) in [4.78, 5) is 9.08. The average Bonchev–Trinajstić information content (AvgIpc) is 3.37. The molecule has 0 unspecified atom stereocenters. The summed E-state index contributed by atoms with van der Waals surface area (Å²) in [6, 6.07) is 8.25. The van der Waals surface area contributed by atoms with Gasteiger partial charge in [-0.2, -0.15) is 0 Å². The van der Waals surface area contributed by atoms with Crippen LogP contribution in [-0.2, 0) is 15.3 Å². The Morgan fingerprint density at radius 1 is 0.913 bits per heavy atom. The zero-order valence-electron chi connectivity index (χ0n) is 12.1. The predicted octanol–water partition coefficient (Wildman–Crippen LogP) is 3.77. The number of rotatable bonds is 2. The summed E-state index contributed by atoms with van der Waals surface area (Å²) >= 11 is 3.22. The van der Waals surface area contributed by atoms with Crippen molar-refractivity contribution in [3.8, 4) is 0 Å². The summed E-state index contributed by atoms with van der Waals surface area (Å²) < 4.78 is 12.3. The molecule has 1 aliphatic carbocycles. The Hall–Kier alpha value is -1.86. The average molecular weight is 340 g/mol. The van der Waals surface area contributed by atoms with Gasteiger partial charge in [0, 0.05) is 34.3 Å². The molecule has 0 N–H and O–H groups in total. The fourth-order valence-electron chi connectivity index (χ4n) is 3.30. The van der Waals surface area contributed by atoms with E-state index in [1.165, 1.54) is 0 Å². The number of aromatic nitrogens is 2. The van der Waals surface area contributed by atoms with Crippen molar-refractivity contribution >= 4 is 33.8 Å². The van der Waals surface area contributed by atoms with Crippen molar-refractivity contribution in [2.45, 2.75) is 5.79 Å². The molecular formula is C17H12N2O2S2. The van der Waals surface area contributed by atoms with Crippen molar-refractivity contribution in [3.05, 3.63) is 68.6 Å². The fourth-order valence-corrected chi connectivity index (χ4v) is 4.73. The summed E-state index contributed by atoms with van der Waals surface area (Å²) in [5.41, 5.74) is 4.23. The van der Waals surface area contributed by atoms with Crippen LogP contribution in [0.15, 0.2) is 47.4 Å². The fraction of sp³-hybridized carbons (Fsp3) is 0.176. The maximum Gasteiger partial charge on any atom is 0.226 e. The Morgan fingerprint density at radius 3 is 2.30 bits per heavy atom. The van der Waals surface area contributed by atoms with E-state index >= 15 is 0 Å². The van der Waals surface area contributed by atoms with Gasteiger partial charge >= 0.3 is 0 Å². The van der Waals surface area contributed by atoms with Crippen LogP contribution in [0.1, 0.15) is 21.1 Å². The van der Waals surface area contributed by atoms with Crippen molar-refractivity contribution in [2.75, 3.05) is 13.2 Å². The van der Waals surface area contributed by atoms with Crippen molar-refractivity contribution in [1.29, 1.82) is 0 Å². The molecule has 0 atom stereocenters. The van der Waals surface area contributed by atoms with E-state index in [9.17, 15) is 0 Å². The molecule has 1 spiro atoms. The first-order valence-corrected chi connectivity index (χ1v) is 9.08. The lowest BCUT2D eigenvalue weighted by Crippen LogP contribution is -2.26. The Balaban J connectivity index is 1.88. The molecule has 5 rings (SSSR count). The molecule has 0 bridgehead atoms. The number of ether oxygens (including phenoxy) is 2. The number of benzene rings is 1. The Labute approximate surface area is 141 Å². The lowest BCUT2D eigenvalue weighted by molar-refractivity contribution is -0.111. The molecule has 114 valence electrons. The molecular weight excluding hydrogens is 328 g/mol. The first-order valence-electron chi connectivity index (χ1n) is 7.32. The number of hydrogen-bond donors (Lipinski definition) is 0. The molecule has 1 aliphatic heterocycles. The van der Waals surface area contributed by atoms with Gasteiger partial charge in [-0.1, -0.05) is 24.3 Å². The van der Waals surface area contributed by atoms with Gasteiger partial charge in [-0.3, -0.25) is 0 Å². The van der Waals surface area contributed by atoms with E-state index in [0.717, 1.165) is 32.3 Å². The molecule has 1 saturated heterocycles. The van der Waals surface area contributed by atoms with Crippen molar-refractivity contribution in [2.24, 2.45) is 0 Å². The SMILES string of the molecule is c1ccc2c(c1)C(c1nccs1)=C(c1nccs1)C21OCCO1. The molecule has 0 saturated carbocycles. The van der Waals surface area contributed by atoms with Gasteiger partial charge in [-0.25, -0.2) is 9.97 Å². The standard InChI is InChI=1S/C17H12N2O2S2/c1-2-4-12-11(3-1)13(15-18-5-9-22-15)14(16-19-6-10-23-16)17(12)20-7-8-21-17/h1-6,9-10H,7-8H2. The van der Waals surface area contributed by atoms with E-state index in [0.29, 0.717) is 13.2 Å². The van der Waals surface area contributed by atoms with Crippen LogP contribution in [-0.4, -0.2) is 23.2 Å². The molecule has 4 nitrogen and oxygen atoms in total. The highest BCUT2D eigenvalue weighted by molar-refractivity contribution is 7.11. The normalized spacial score (nSPS) is 18.8. The highest BCUT2D eigenvalue weighted by Gasteiger charge is 2.52. The maximum absolute atomic E-state index is 6.16. The smallest absolute Gasteiger partial charge is 0.226 e. The quantitative estimate of drug-likeness (QED) is 0.712. The Kier molecular flexibility index (Phi) is 2.99. The summed E-state index contributed by atoms with van der Waals surface area (Å²) in [7, 11) is 0. The monoisotopic (exact) mass is 340 g/mol. The molecule has 3 aromatic rings. The third kappa shape index (κ3) is 1.83.